The number of benzene rings is 2. The number of pyridine rings is 1. The lowest BCUT2D eigenvalue weighted by Gasteiger charge is -2.19. The third kappa shape index (κ3) is 4.64. The highest BCUT2D eigenvalue weighted by Crippen LogP contribution is 2.26. The van der Waals surface area contributed by atoms with Crippen molar-refractivity contribution in [1.82, 2.24) is 9.88 Å². The van der Waals surface area contributed by atoms with Crippen LogP contribution in [0.5, 0.6) is 11.5 Å². The fourth-order valence-corrected chi connectivity index (χ4v) is 3.07. The molecule has 0 aliphatic rings. The molecule has 2 atom stereocenters. The number of hydrogen-bond donors (Lipinski definition) is 3. The van der Waals surface area contributed by atoms with Crippen LogP contribution in [0, 0.1) is 0 Å². The lowest BCUT2D eigenvalue weighted by molar-refractivity contribution is -0.119. The van der Waals surface area contributed by atoms with Crippen molar-refractivity contribution in [3.05, 3.63) is 70.5 Å². The molecule has 152 valence electrons. The minimum Gasteiger partial charge on any atom is -0.457 e. The Hall–Kier alpha value is -3.16. The molecule has 0 fully saturated rings. The van der Waals surface area contributed by atoms with Gasteiger partial charge in [-0.2, -0.15) is 0 Å². The number of nitrogens with two attached hydrogens (primary N) is 1. The van der Waals surface area contributed by atoms with Gasteiger partial charge in [0.15, 0.2) is 0 Å². The molecule has 4 N–H and O–H groups in total. The zero-order valence-electron chi connectivity index (χ0n) is 16.5. The topological polar surface area (TPSA) is 107 Å². The van der Waals surface area contributed by atoms with Crippen molar-refractivity contribution in [2.24, 2.45) is 5.73 Å². The molecule has 1 heterocycles. The van der Waals surface area contributed by atoms with Gasteiger partial charge in [0.25, 0.3) is 5.56 Å². The Bertz CT molecular complexity index is 1060. The summed E-state index contributed by atoms with van der Waals surface area (Å²) < 4.78 is 7.44. The number of primary amides is 1. The van der Waals surface area contributed by atoms with Gasteiger partial charge in [-0.1, -0.05) is 18.2 Å². The molecule has 1 amide bonds. The van der Waals surface area contributed by atoms with Gasteiger partial charge in [0.2, 0.25) is 5.91 Å². The third-order valence-electron chi connectivity index (χ3n) is 4.79. The highest BCUT2D eigenvalue weighted by molar-refractivity contribution is 5.82. The van der Waals surface area contributed by atoms with E-state index in [1.165, 1.54) is 0 Å². The zero-order valence-corrected chi connectivity index (χ0v) is 16.5. The maximum absolute atomic E-state index is 13.1. The van der Waals surface area contributed by atoms with Crippen LogP contribution < -0.4 is 21.3 Å². The minimum atomic E-state index is -0.560. The second-order valence-corrected chi connectivity index (χ2v) is 7.02. The molecule has 0 aliphatic heterocycles. The molecule has 0 saturated heterocycles. The molecule has 7 heteroatoms. The van der Waals surface area contributed by atoms with E-state index in [0.717, 1.165) is 5.39 Å². The van der Waals surface area contributed by atoms with Gasteiger partial charge < -0.3 is 25.5 Å². The maximum atomic E-state index is 13.1. The zero-order chi connectivity index (χ0) is 21.0. The summed E-state index contributed by atoms with van der Waals surface area (Å²) in [5, 5.41) is 13.5. The molecule has 0 radical (unpaired) electrons. The van der Waals surface area contributed by atoms with E-state index in [1.54, 1.807) is 30.5 Å². The molecule has 3 aromatic rings. The number of fused-ring (bicyclic) bond motifs is 1. The van der Waals surface area contributed by atoms with E-state index in [9.17, 15) is 14.7 Å². The number of rotatable bonds is 8. The average Bonchev–Trinajstić information content (AvgIpc) is 2.72. The smallest absolute Gasteiger partial charge is 0.255 e. The molecule has 0 aliphatic carbocycles. The highest BCUT2D eigenvalue weighted by atomic mass is 16.5. The summed E-state index contributed by atoms with van der Waals surface area (Å²) in [5.74, 6) is 0.796. The van der Waals surface area contributed by atoms with Crippen molar-refractivity contribution >= 4 is 16.8 Å². The number of amides is 1. The first kappa shape index (κ1) is 20.6. The van der Waals surface area contributed by atoms with Crippen molar-refractivity contribution in [2.45, 2.75) is 32.5 Å². The lowest BCUT2D eigenvalue weighted by atomic mass is 10.1. The number of para-hydroxylation sites is 1. The fourth-order valence-electron chi connectivity index (χ4n) is 3.07. The molecule has 7 nitrogen and oxygen atoms in total. The molecular weight excluding hydrogens is 370 g/mol. The van der Waals surface area contributed by atoms with Crippen molar-refractivity contribution in [3.8, 4) is 11.5 Å². The Morgan fingerprint density at radius 3 is 2.52 bits per heavy atom. The van der Waals surface area contributed by atoms with Gasteiger partial charge in [0, 0.05) is 18.2 Å². The summed E-state index contributed by atoms with van der Waals surface area (Å²) in [6.07, 6.45) is 0. The summed E-state index contributed by atoms with van der Waals surface area (Å²) in [5.41, 5.74) is 6.19. The van der Waals surface area contributed by atoms with Crippen LogP contribution in [-0.2, 0) is 11.3 Å². The van der Waals surface area contributed by atoms with Gasteiger partial charge in [-0.25, -0.2) is 0 Å². The number of nitrogens with zero attached hydrogens (tertiary/aromatic N) is 1. The molecule has 2 unspecified atom stereocenters. The van der Waals surface area contributed by atoms with Crippen molar-refractivity contribution in [2.75, 3.05) is 6.61 Å². The van der Waals surface area contributed by atoms with E-state index in [1.807, 2.05) is 42.5 Å². The van der Waals surface area contributed by atoms with Crippen molar-refractivity contribution in [3.63, 3.8) is 0 Å². The van der Waals surface area contributed by atoms with Crippen LogP contribution >= 0.6 is 0 Å². The number of hydrogen-bond acceptors (Lipinski definition) is 5. The van der Waals surface area contributed by atoms with Crippen molar-refractivity contribution in [1.29, 1.82) is 0 Å². The number of aliphatic hydroxyl groups is 1. The van der Waals surface area contributed by atoms with Gasteiger partial charge in [-0.05, 0) is 49.6 Å². The van der Waals surface area contributed by atoms with Crippen molar-refractivity contribution < 1.29 is 14.6 Å². The third-order valence-corrected chi connectivity index (χ3v) is 4.79. The first-order chi connectivity index (χ1) is 13.9. The number of carbonyl (C=O) groups is 1. The van der Waals surface area contributed by atoms with E-state index in [0.29, 0.717) is 22.6 Å². The number of nitrogens with one attached hydrogen (secondary N) is 1. The van der Waals surface area contributed by atoms with E-state index in [4.69, 9.17) is 10.5 Å². The summed E-state index contributed by atoms with van der Waals surface area (Å²) in [4.78, 5) is 24.3. The second-order valence-electron chi connectivity index (χ2n) is 7.02. The first-order valence-corrected chi connectivity index (χ1v) is 9.45. The largest absolute Gasteiger partial charge is 0.457 e. The molecule has 0 spiro atoms. The maximum Gasteiger partial charge on any atom is 0.255 e. The predicted molar refractivity (Wildman–Crippen MR) is 112 cm³/mol. The summed E-state index contributed by atoms with van der Waals surface area (Å²) in [6, 6.07) is 15.7. The van der Waals surface area contributed by atoms with Gasteiger partial charge in [0.05, 0.1) is 24.2 Å². The molecule has 0 bridgehead atoms. The first-order valence-electron chi connectivity index (χ1n) is 9.45. The number of ether oxygens (including phenoxy) is 1. The SMILES string of the molecule is CC(NCc1cc2ccc(Oc3ccccc3)cc2n(C(C)CO)c1=O)C(N)=O. The molecular formula is C22H25N3O4. The summed E-state index contributed by atoms with van der Waals surface area (Å²) in [7, 11) is 0. The number of carbonyl (C=O) groups excluding carboxylic acids is 1. The predicted octanol–water partition coefficient (Wildman–Crippen LogP) is 2.31. The molecule has 3 rings (SSSR count). The lowest BCUT2D eigenvalue weighted by Crippen LogP contribution is -2.40. The van der Waals surface area contributed by atoms with Crippen LogP contribution in [0.25, 0.3) is 10.9 Å². The van der Waals surface area contributed by atoms with Gasteiger partial charge >= 0.3 is 0 Å². The molecule has 1 aromatic heterocycles. The fraction of sp³-hybridized carbons (Fsp3) is 0.273. The summed E-state index contributed by atoms with van der Waals surface area (Å²) >= 11 is 0. The molecule has 2 aromatic carbocycles. The Morgan fingerprint density at radius 2 is 1.86 bits per heavy atom. The Morgan fingerprint density at radius 1 is 1.14 bits per heavy atom. The number of aromatic nitrogens is 1. The van der Waals surface area contributed by atoms with Gasteiger partial charge in [0.1, 0.15) is 11.5 Å². The Balaban J connectivity index is 2.04. The molecule has 29 heavy (non-hydrogen) atoms. The van der Waals surface area contributed by atoms with E-state index in [-0.39, 0.29) is 18.7 Å². The van der Waals surface area contributed by atoms with Crippen LogP contribution in [0.2, 0.25) is 0 Å². The second kappa shape index (κ2) is 8.89. The van der Waals surface area contributed by atoms with Gasteiger partial charge in [-0.3, -0.25) is 9.59 Å². The van der Waals surface area contributed by atoms with E-state index >= 15 is 0 Å². The van der Waals surface area contributed by atoms with Crippen LogP contribution in [0.4, 0.5) is 0 Å². The standard InChI is InChI=1S/C22H25N3O4/c1-14(13-26)25-20-11-19(29-18-6-4-3-5-7-18)9-8-16(20)10-17(22(25)28)12-24-15(2)21(23)27/h3-11,14-15,24,26H,12-13H2,1-2H3,(H2,23,27). The highest BCUT2D eigenvalue weighted by Gasteiger charge is 2.16. The van der Waals surface area contributed by atoms with E-state index in [2.05, 4.69) is 5.32 Å². The van der Waals surface area contributed by atoms with Crippen LogP contribution in [0.3, 0.4) is 0 Å². The minimum absolute atomic E-state index is 0.187. The Labute approximate surface area is 168 Å². The van der Waals surface area contributed by atoms with Crippen LogP contribution in [0.1, 0.15) is 25.5 Å². The van der Waals surface area contributed by atoms with Gasteiger partial charge in [-0.15, -0.1) is 0 Å². The van der Waals surface area contributed by atoms with Crippen LogP contribution in [0.15, 0.2) is 59.4 Å². The number of aliphatic hydroxyl groups excluding tert-OH is 1. The summed E-state index contributed by atoms with van der Waals surface area (Å²) in [6.45, 7) is 3.42. The normalized spacial score (nSPS) is 13.2. The van der Waals surface area contributed by atoms with E-state index < -0.39 is 18.0 Å². The average molecular weight is 395 g/mol. The van der Waals surface area contributed by atoms with Crippen LogP contribution in [-0.4, -0.2) is 28.2 Å². The molecule has 0 saturated carbocycles. The quantitative estimate of drug-likeness (QED) is 0.543. The Kier molecular flexibility index (Phi) is 6.31. The monoisotopic (exact) mass is 395 g/mol.